The molecular formula is C11H11N3O5S. The minimum absolute atomic E-state index is 0.198. The van der Waals surface area contributed by atoms with Gasteiger partial charge in [-0.05, 0) is 0 Å². The fraction of sp³-hybridized carbons (Fsp3) is 0.273. The summed E-state index contributed by atoms with van der Waals surface area (Å²) in [7, 11) is 1.32. The Labute approximate surface area is 116 Å². The summed E-state index contributed by atoms with van der Waals surface area (Å²) < 4.78 is 5.93. The van der Waals surface area contributed by atoms with E-state index in [1.807, 2.05) is 0 Å². The first-order valence-electron chi connectivity index (χ1n) is 5.52. The van der Waals surface area contributed by atoms with Crippen LogP contribution in [0.5, 0.6) is 0 Å². The molecule has 0 aliphatic carbocycles. The van der Waals surface area contributed by atoms with E-state index in [1.54, 1.807) is 5.38 Å². The zero-order valence-electron chi connectivity index (χ0n) is 10.4. The average Bonchev–Trinajstić information content (AvgIpc) is 2.87. The first-order chi connectivity index (χ1) is 9.54. The standard InChI is InChI=1S/C11H11N3O5S/c1-19-5-7(10(17)18)13-8(15)6-4-12-11-14(9(6)16)2-3-20-11/h2-4,7H,5H2,1H3,(H,13,15)(H,17,18). The third-order valence-electron chi connectivity index (χ3n) is 2.52. The van der Waals surface area contributed by atoms with Crippen LogP contribution < -0.4 is 10.9 Å². The van der Waals surface area contributed by atoms with Gasteiger partial charge in [-0.25, -0.2) is 9.78 Å². The number of carbonyl (C=O) groups excluding carboxylic acids is 1. The Balaban J connectivity index is 2.29. The van der Waals surface area contributed by atoms with Gasteiger partial charge in [0.1, 0.15) is 5.56 Å². The molecule has 1 unspecified atom stereocenters. The molecule has 0 aliphatic rings. The number of methoxy groups -OCH3 is 1. The first-order valence-corrected chi connectivity index (χ1v) is 6.40. The van der Waals surface area contributed by atoms with Crippen LogP contribution in [0.25, 0.3) is 4.96 Å². The number of nitrogens with zero attached hydrogens (tertiary/aromatic N) is 2. The molecular weight excluding hydrogens is 286 g/mol. The lowest BCUT2D eigenvalue weighted by Crippen LogP contribution is -2.45. The van der Waals surface area contributed by atoms with Gasteiger partial charge in [0.2, 0.25) is 0 Å². The molecule has 2 aromatic rings. The number of hydrogen-bond donors (Lipinski definition) is 2. The molecule has 9 heteroatoms. The smallest absolute Gasteiger partial charge is 0.328 e. The van der Waals surface area contributed by atoms with Crippen LogP contribution in [0.4, 0.5) is 0 Å². The van der Waals surface area contributed by atoms with Crippen molar-refractivity contribution in [3.05, 3.63) is 33.7 Å². The van der Waals surface area contributed by atoms with Gasteiger partial charge in [-0.15, -0.1) is 11.3 Å². The third kappa shape index (κ3) is 2.68. The Hall–Kier alpha value is -2.26. The summed E-state index contributed by atoms with van der Waals surface area (Å²) in [6.45, 7) is -0.198. The zero-order chi connectivity index (χ0) is 14.7. The number of hydrogen-bond acceptors (Lipinski definition) is 6. The molecule has 0 fully saturated rings. The molecule has 1 atom stereocenters. The van der Waals surface area contributed by atoms with Crippen molar-refractivity contribution in [2.24, 2.45) is 0 Å². The van der Waals surface area contributed by atoms with Crippen molar-refractivity contribution in [1.82, 2.24) is 14.7 Å². The molecule has 1 amide bonds. The van der Waals surface area contributed by atoms with Gasteiger partial charge in [-0.2, -0.15) is 0 Å². The SMILES string of the molecule is COCC(NC(=O)c1cnc2sccn2c1=O)C(=O)O. The van der Waals surface area contributed by atoms with Crippen LogP contribution in [-0.2, 0) is 9.53 Å². The number of ether oxygens (including phenoxy) is 1. The predicted octanol–water partition coefficient (Wildman–Crippen LogP) is -0.415. The number of carboxylic acid groups (broad SMARTS) is 1. The first kappa shape index (κ1) is 14.2. The molecule has 0 saturated heterocycles. The molecule has 20 heavy (non-hydrogen) atoms. The van der Waals surface area contributed by atoms with Gasteiger partial charge in [0.05, 0.1) is 6.61 Å². The average molecular weight is 297 g/mol. The summed E-state index contributed by atoms with van der Waals surface area (Å²) in [6, 6.07) is -1.23. The lowest BCUT2D eigenvalue weighted by molar-refractivity contribution is -0.140. The number of carboxylic acids is 1. The van der Waals surface area contributed by atoms with Crippen molar-refractivity contribution in [2.75, 3.05) is 13.7 Å². The van der Waals surface area contributed by atoms with E-state index in [0.717, 1.165) is 6.20 Å². The maximum absolute atomic E-state index is 12.0. The van der Waals surface area contributed by atoms with E-state index in [-0.39, 0.29) is 12.2 Å². The maximum atomic E-state index is 12.0. The largest absolute Gasteiger partial charge is 0.480 e. The Morgan fingerprint density at radius 3 is 3.00 bits per heavy atom. The minimum atomic E-state index is -1.25. The van der Waals surface area contributed by atoms with Gasteiger partial charge in [-0.1, -0.05) is 0 Å². The van der Waals surface area contributed by atoms with Crippen LogP contribution in [0.1, 0.15) is 10.4 Å². The minimum Gasteiger partial charge on any atom is -0.480 e. The van der Waals surface area contributed by atoms with Crippen LogP contribution in [0.15, 0.2) is 22.6 Å². The number of aromatic nitrogens is 2. The third-order valence-corrected chi connectivity index (χ3v) is 3.29. The summed E-state index contributed by atoms with van der Waals surface area (Å²) >= 11 is 1.25. The van der Waals surface area contributed by atoms with Crippen LogP contribution in [0.2, 0.25) is 0 Å². The number of carbonyl (C=O) groups is 2. The highest BCUT2D eigenvalue weighted by Gasteiger charge is 2.22. The molecule has 0 radical (unpaired) electrons. The Morgan fingerprint density at radius 2 is 2.35 bits per heavy atom. The van der Waals surface area contributed by atoms with Gasteiger partial charge in [0.25, 0.3) is 11.5 Å². The van der Waals surface area contributed by atoms with E-state index in [9.17, 15) is 14.4 Å². The molecule has 106 valence electrons. The predicted molar refractivity (Wildman–Crippen MR) is 70.1 cm³/mol. The lowest BCUT2D eigenvalue weighted by Gasteiger charge is -2.12. The Bertz CT molecular complexity index is 707. The second-order valence-electron chi connectivity index (χ2n) is 3.85. The second-order valence-corrected chi connectivity index (χ2v) is 4.73. The molecule has 8 nitrogen and oxygen atoms in total. The van der Waals surface area contributed by atoms with Crippen LogP contribution >= 0.6 is 11.3 Å². The fourth-order valence-electron chi connectivity index (χ4n) is 1.56. The quantitative estimate of drug-likeness (QED) is 0.776. The van der Waals surface area contributed by atoms with Crippen molar-refractivity contribution in [2.45, 2.75) is 6.04 Å². The molecule has 0 aromatic carbocycles. The number of fused-ring (bicyclic) bond motifs is 1. The van der Waals surface area contributed by atoms with Gasteiger partial charge < -0.3 is 15.2 Å². The lowest BCUT2D eigenvalue weighted by atomic mass is 10.2. The number of amides is 1. The molecule has 0 saturated carbocycles. The summed E-state index contributed by atoms with van der Waals surface area (Å²) in [5, 5.41) is 12.8. The topological polar surface area (TPSA) is 110 Å². The van der Waals surface area contributed by atoms with Gasteiger partial charge in [0.15, 0.2) is 11.0 Å². The van der Waals surface area contributed by atoms with Crippen molar-refractivity contribution < 1.29 is 19.4 Å². The highest BCUT2D eigenvalue weighted by atomic mass is 32.1. The van der Waals surface area contributed by atoms with Gasteiger partial charge in [0, 0.05) is 24.9 Å². The number of aliphatic carboxylic acids is 1. The van der Waals surface area contributed by atoms with Crippen molar-refractivity contribution >= 4 is 28.2 Å². The maximum Gasteiger partial charge on any atom is 0.328 e. The van der Waals surface area contributed by atoms with E-state index in [2.05, 4.69) is 10.3 Å². The summed E-state index contributed by atoms with van der Waals surface area (Å²) in [4.78, 5) is 39.3. The molecule has 2 N–H and O–H groups in total. The van der Waals surface area contributed by atoms with Gasteiger partial charge >= 0.3 is 5.97 Å². The number of rotatable bonds is 5. The van der Waals surface area contributed by atoms with Gasteiger partial charge in [-0.3, -0.25) is 14.0 Å². The fourth-order valence-corrected chi connectivity index (χ4v) is 2.23. The van der Waals surface area contributed by atoms with E-state index >= 15 is 0 Å². The van der Waals surface area contributed by atoms with Crippen molar-refractivity contribution in [3.8, 4) is 0 Å². The van der Waals surface area contributed by atoms with E-state index in [1.165, 1.54) is 29.0 Å². The summed E-state index contributed by atoms with van der Waals surface area (Å²) in [5.74, 6) is -2.04. The van der Waals surface area contributed by atoms with Crippen molar-refractivity contribution in [1.29, 1.82) is 0 Å². The molecule has 2 rings (SSSR count). The van der Waals surface area contributed by atoms with Crippen molar-refractivity contribution in [3.63, 3.8) is 0 Å². The van der Waals surface area contributed by atoms with Crippen LogP contribution in [-0.4, -0.2) is 46.1 Å². The molecule has 2 aromatic heterocycles. The van der Waals surface area contributed by atoms with Crippen LogP contribution in [0, 0.1) is 0 Å². The Morgan fingerprint density at radius 1 is 1.60 bits per heavy atom. The van der Waals surface area contributed by atoms with E-state index in [0.29, 0.717) is 4.96 Å². The second kappa shape index (κ2) is 5.80. The highest BCUT2D eigenvalue weighted by Crippen LogP contribution is 2.05. The van der Waals surface area contributed by atoms with E-state index in [4.69, 9.17) is 9.84 Å². The molecule has 0 aliphatic heterocycles. The zero-order valence-corrected chi connectivity index (χ0v) is 11.2. The summed E-state index contributed by atoms with van der Waals surface area (Å²) in [6.07, 6.45) is 2.63. The molecule has 0 bridgehead atoms. The van der Waals surface area contributed by atoms with E-state index < -0.39 is 23.5 Å². The number of nitrogens with one attached hydrogen (secondary N) is 1. The highest BCUT2D eigenvalue weighted by molar-refractivity contribution is 7.15. The van der Waals surface area contributed by atoms with Crippen LogP contribution in [0.3, 0.4) is 0 Å². The molecule has 0 spiro atoms. The Kier molecular flexibility index (Phi) is 4.11. The summed E-state index contributed by atoms with van der Waals surface area (Å²) in [5.41, 5.74) is -0.765. The normalized spacial score (nSPS) is 12.2. The number of thiazole rings is 1. The molecule has 2 heterocycles. The monoisotopic (exact) mass is 297 g/mol.